The number of piperazine rings is 1. The number of benzene rings is 2. The number of halogens is 3. The van der Waals surface area contributed by atoms with Crippen LogP contribution in [-0.4, -0.2) is 87.2 Å². The number of nitrogens with zero attached hydrogens (tertiary/aromatic N) is 5. The van der Waals surface area contributed by atoms with Gasteiger partial charge in [0.05, 0.1) is 11.1 Å². The van der Waals surface area contributed by atoms with Gasteiger partial charge < -0.3 is 9.80 Å². The Hall–Kier alpha value is -3.47. The van der Waals surface area contributed by atoms with Gasteiger partial charge in [0.25, 0.3) is 5.91 Å². The van der Waals surface area contributed by atoms with Crippen LogP contribution >= 0.6 is 0 Å². The number of carbonyl (C=O) groups excluding carboxylic acids is 2. The van der Waals surface area contributed by atoms with Gasteiger partial charge >= 0.3 is 6.18 Å². The fraction of sp³-hybridized carbons (Fsp3) is 0.462. The van der Waals surface area contributed by atoms with Gasteiger partial charge in [-0.25, -0.2) is 0 Å². The molecule has 0 atom stereocenters. The van der Waals surface area contributed by atoms with E-state index in [1.54, 1.807) is 12.1 Å². The quantitative estimate of drug-likeness (QED) is 0.565. The van der Waals surface area contributed by atoms with Gasteiger partial charge in [-0.3, -0.25) is 19.6 Å². The van der Waals surface area contributed by atoms with E-state index in [9.17, 15) is 22.8 Å². The number of likely N-dealkylation sites (tertiary alicyclic amines) is 1. The van der Waals surface area contributed by atoms with E-state index in [4.69, 9.17) is 0 Å². The van der Waals surface area contributed by atoms with Crippen molar-refractivity contribution in [3.05, 3.63) is 59.2 Å². The van der Waals surface area contributed by atoms with Crippen molar-refractivity contribution in [2.75, 3.05) is 39.3 Å². The highest BCUT2D eigenvalue weighted by molar-refractivity contribution is 5.97. The first kappa shape index (κ1) is 25.2. The Morgan fingerprint density at radius 1 is 0.919 bits per heavy atom. The number of carbonyl (C=O) groups is 2. The summed E-state index contributed by atoms with van der Waals surface area (Å²) in [5.74, 6) is 0.0378. The molecule has 2 amide bonds. The number of fused-ring (bicyclic) bond motifs is 1. The summed E-state index contributed by atoms with van der Waals surface area (Å²) in [6, 6.07) is 10.8. The molecule has 196 valence electrons. The molecule has 5 rings (SSSR count). The fourth-order valence-electron chi connectivity index (χ4n) is 5.20. The minimum atomic E-state index is -4.35. The lowest BCUT2D eigenvalue weighted by molar-refractivity contribution is -0.137. The van der Waals surface area contributed by atoms with Crippen LogP contribution in [0, 0.1) is 0 Å². The first-order chi connectivity index (χ1) is 17.8. The topological polar surface area (TPSA) is 85.4 Å². The van der Waals surface area contributed by atoms with Crippen LogP contribution in [0.2, 0.25) is 0 Å². The molecule has 3 heterocycles. The van der Waals surface area contributed by atoms with E-state index >= 15 is 0 Å². The number of hydrogen-bond donors (Lipinski definition) is 1. The summed E-state index contributed by atoms with van der Waals surface area (Å²) >= 11 is 0. The van der Waals surface area contributed by atoms with Gasteiger partial charge in [0.15, 0.2) is 0 Å². The Balaban J connectivity index is 1.05. The highest BCUT2D eigenvalue weighted by Crippen LogP contribution is 2.29. The number of rotatable bonds is 5. The maximum atomic E-state index is 13.0. The molecular weight excluding hydrogens is 485 g/mol. The molecule has 2 aliphatic heterocycles. The van der Waals surface area contributed by atoms with Crippen molar-refractivity contribution in [3.8, 4) is 0 Å². The fourth-order valence-corrected chi connectivity index (χ4v) is 5.20. The number of nitrogens with one attached hydrogen (secondary N) is 1. The predicted molar refractivity (Wildman–Crippen MR) is 131 cm³/mol. The first-order valence-electron chi connectivity index (χ1n) is 12.6. The average Bonchev–Trinajstić information content (AvgIpc) is 3.39. The van der Waals surface area contributed by atoms with Crippen molar-refractivity contribution in [2.24, 2.45) is 0 Å². The zero-order valence-corrected chi connectivity index (χ0v) is 20.4. The number of aryl methyl sites for hydroxylation is 1. The third-order valence-corrected chi connectivity index (χ3v) is 7.42. The summed E-state index contributed by atoms with van der Waals surface area (Å²) in [5.41, 5.74) is 2.13. The minimum absolute atomic E-state index is 0.00631. The molecule has 8 nitrogen and oxygen atoms in total. The summed E-state index contributed by atoms with van der Waals surface area (Å²) in [6.07, 6.45) is -1.87. The van der Waals surface area contributed by atoms with Crippen LogP contribution in [0.3, 0.4) is 0 Å². The lowest BCUT2D eigenvalue weighted by Crippen LogP contribution is -2.54. The number of H-pyrrole nitrogens is 1. The Morgan fingerprint density at radius 2 is 1.62 bits per heavy atom. The summed E-state index contributed by atoms with van der Waals surface area (Å²) < 4.78 is 38.2. The molecule has 0 bridgehead atoms. The van der Waals surface area contributed by atoms with Gasteiger partial charge in [0.1, 0.15) is 5.52 Å². The van der Waals surface area contributed by atoms with E-state index in [1.165, 1.54) is 12.1 Å². The summed E-state index contributed by atoms with van der Waals surface area (Å²) in [4.78, 5) is 31.8. The molecule has 0 aliphatic carbocycles. The molecule has 0 radical (unpaired) electrons. The Morgan fingerprint density at radius 3 is 2.30 bits per heavy atom. The number of piperidine rings is 1. The van der Waals surface area contributed by atoms with Crippen LogP contribution in [0.4, 0.5) is 13.2 Å². The zero-order chi connectivity index (χ0) is 26.0. The zero-order valence-electron chi connectivity index (χ0n) is 20.4. The van der Waals surface area contributed by atoms with Crippen molar-refractivity contribution >= 4 is 22.8 Å². The smallest absolute Gasteiger partial charge is 0.340 e. The van der Waals surface area contributed by atoms with Gasteiger partial charge in [0.2, 0.25) is 5.91 Å². The van der Waals surface area contributed by atoms with Crippen molar-refractivity contribution in [2.45, 2.75) is 37.9 Å². The second kappa shape index (κ2) is 10.5. The third-order valence-electron chi connectivity index (χ3n) is 7.42. The lowest BCUT2D eigenvalue weighted by atomic mass is 10.0. The monoisotopic (exact) mass is 514 g/mol. The van der Waals surface area contributed by atoms with Crippen LogP contribution < -0.4 is 0 Å². The van der Waals surface area contributed by atoms with Crippen LogP contribution in [0.25, 0.3) is 11.0 Å². The van der Waals surface area contributed by atoms with Crippen LogP contribution in [0.15, 0.2) is 42.5 Å². The normalized spacial score (nSPS) is 17.9. The molecule has 0 unspecified atom stereocenters. The lowest BCUT2D eigenvalue weighted by Gasteiger charge is -2.42. The number of alkyl halides is 3. The van der Waals surface area contributed by atoms with Crippen LogP contribution in [0.5, 0.6) is 0 Å². The molecule has 2 aromatic carbocycles. The summed E-state index contributed by atoms with van der Waals surface area (Å²) in [7, 11) is 0. The van der Waals surface area contributed by atoms with Crippen LogP contribution in [0.1, 0.15) is 40.7 Å². The van der Waals surface area contributed by atoms with E-state index in [2.05, 4.69) is 20.3 Å². The number of amides is 2. The molecule has 2 fully saturated rings. The van der Waals surface area contributed by atoms with Gasteiger partial charge in [-0.05, 0) is 55.2 Å². The standard InChI is InChI=1S/C26H29F3N6O2/c27-26(28,29)20-5-1-18(2-6-20)3-8-24(36)34-15-13-33(14-16-34)21-9-11-35(12-10-21)25(37)19-4-7-22-23(17-19)31-32-30-22/h1-2,4-7,17,21H,3,8-16H2,(H,30,31,32). The van der Waals surface area contributed by atoms with Crippen molar-refractivity contribution in [1.82, 2.24) is 30.1 Å². The molecule has 0 spiro atoms. The van der Waals surface area contributed by atoms with Gasteiger partial charge in [-0.15, -0.1) is 5.10 Å². The molecule has 1 N–H and O–H groups in total. The molecular formula is C26H29F3N6O2. The number of hydrogen-bond acceptors (Lipinski definition) is 5. The Labute approximate surface area is 212 Å². The first-order valence-corrected chi connectivity index (χ1v) is 12.6. The van der Waals surface area contributed by atoms with E-state index in [1.807, 2.05) is 15.9 Å². The molecule has 2 aliphatic rings. The second-order valence-electron chi connectivity index (χ2n) is 9.68. The molecule has 11 heteroatoms. The van der Waals surface area contributed by atoms with Gasteiger partial charge in [-0.2, -0.15) is 13.2 Å². The maximum Gasteiger partial charge on any atom is 0.416 e. The second-order valence-corrected chi connectivity index (χ2v) is 9.68. The number of aromatic nitrogens is 3. The maximum absolute atomic E-state index is 13.0. The van der Waals surface area contributed by atoms with Crippen molar-refractivity contribution in [3.63, 3.8) is 0 Å². The van der Waals surface area contributed by atoms with E-state index in [0.717, 1.165) is 49.1 Å². The Kier molecular flexibility index (Phi) is 7.14. The SMILES string of the molecule is O=C(CCc1ccc(C(F)(F)F)cc1)N1CCN(C2CCN(C(=O)c3ccc4[nH]nnc4c3)CC2)CC1. The highest BCUT2D eigenvalue weighted by atomic mass is 19.4. The third kappa shape index (κ3) is 5.76. The minimum Gasteiger partial charge on any atom is -0.340 e. The summed E-state index contributed by atoms with van der Waals surface area (Å²) in [6.45, 7) is 4.23. The molecule has 0 saturated carbocycles. The van der Waals surface area contributed by atoms with Crippen molar-refractivity contribution in [1.29, 1.82) is 0 Å². The number of aromatic amines is 1. The molecule has 2 saturated heterocycles. The van der Waals surface area contributed by atoms with Gasteiger partial charge in [0, 0.05) is 57.3 Å². The van der Waals surface area contributed by atoms with Crippen molar-refractivity contribution < 1.29 is 22.8 Å². The molecule has 37 heavy (non-hydrogen) atoms. The van der Waals surface area contributed by atoms with Gasteiger partial charge in [-0.1, -0.05) is 17.3 Å². The average molecular weight is 515 g/mol. The highest BCUT2D eigenvalue weighted by Gasteiger charge is 2.31. The summed E-state index contributed by atoms with van der Waals surface area (Å²) in [5, 5.41) is 10.5. The van der Waals surface area contributed by atoms with E-state index in [-0.39, 0.29) is 18.2 Å². The predicted octanol–water partition coefficient (Wildman–Crippen LogP) is 3.36. The largest absolute Gasteiger partial charge is 0.416 e. The Bertz CT molecular complexity index is 1240. The molecule has 1 aromatic heterocycles. The van der Waals surface area contributed by atoms with E-state index in [0.29, 0.717) is 49.7 Å². The van der Waals surface area contributed by atoms with Crippen LogP contribution in [-0.2, 0) is 17.4 Å². The van der Waals surface area contributed by atoms with E-state index < -0.39 is 11.7 Å². The molecule has 3 aromatic rings.